The van der Waals surface area contributed by atoms with E-state index < -0.39 is 10.8 Å². The Kier molecular flexibility index (Phi) is 10.4. The van der Waals surface area contributed by atoms with E-state index in [0.717, 1.165) is 41.1 Å². The van der Waals surface area contributed by atoms with Crippen molar-refractivity contribution < 1.29 is 17.3 Å². The van der Waals surface area contributed by atoms with E-state index in [9.17, 15) is 9.00 Å². The molecule has 0 aliphatic heterocycles. The van der Waals surface area contributed by atoms with Crippen molar-refractivity contribution in [2.24, 2.45) is 5.73 Å². The molecule has 0 aliphatic carbocycles. The largest absolute Gasteiger partial charge is 0.412 e. The molecule has 0 saturated heterocycles. The fourth-order valence-corrected chi connectivity index (χ4v) is 4.32. The zero-order chi connectivity index (χ0) is 24.7. The summed E-state index contributed by atoms with van der Waals surface area (Å²) >= 11 is 0. The lowest BCUT2D eigenvalue weighted by molar-refractivity contribution is 0.104. The topological polar surface area (TPSA) is 129 Å². The number of benzene rings is 2. The quantitative estimate of drug-likeness (QED) is 0.243. The molecule has 1 atom stereocenters. The Morgan fingerprint density at radius 1 is 1.14 bits per heavy atom. The third-order valence-corrected chi connectivity index (χ3v) is 6.92. The van der Waals surface area contributed by atoms with Crippen molar-refractivity contribution in [1.29, 1.82) is 0 Å². The molecule has 3 rings (SSSR count). The number of aryl methyl sites for hydroxylation is 1. The van der Waals surface area contributed by atoms with Crippen LogP contribution in [-0.2, 0) is 17.3 Å². The lowest BCUT2D eigenvalue weighted by Gasteiger charge is -2.09. The van der Waals surface area contributed by atoms with Crippen LogP contribution in [0.15, 0.2) is 65.7 Å². The number of allylic oxidation sites excluding steroid dienone is 1. The van der Waals surface area contributed by atoms with Crippen LogP contribution in [0.2, 0.25) is 0 Å². The van der Waals surface area contributed by atoms with Crippen molar-refractivity contribution in [3.8, 4) is 11.3 Å². The molecular formula is C27H38N4O3S. The first-order chi connectivity index (χ1) is 16.3. The third kappa shape index (κ3) is 7.39. The Balaban J connectivity index is 0.00000432. The number of hydrogen-bond donors (Lipinski definition) is 2. The molecule has 190 valence electrons. The van der Waals surface area contributed by atoms with Gasteiger partial charge in [-0.15, -0.1) is 0 Å². The molecule has 1 heterocycles. The number of nitrogens with one attached hydrogen (secondary N) is 1. The highest BCUT2D eigenvalue weighted by molar-refractivity contribution is 7.85. The lowest BCUT2D eigenvalue weighted by atomic mass is 10.1. The number of rotatable bonds is 10. The van der Waals surface area contributed by atoms with E-state index >= 15 is 0 Å². The minimum Gasteiger partial charge on any atom is -0.412 e. The van der Waals surface area contributed by atoms with E-state index in [1.807, 2.05) is 62.4 Å². The van der Waals surface area contributed by atoms with E-state index in [1.165, 1.54) is 6.08 Å². The van der Waals surface area contributed by atoms with Gasteiger partial charge in [0, 0.05) is 36.9 Å². The first kappa shape index (κ1) is 28.0. The monoisotopic (exact) mass is 498 g/mol. The fourth-order valence-electron chi connectivity index (χ4n) is 3.37. The minimum absolute atomic E-state index is 0. The van der Waals surface area contributed by atoms with Crippen molar-refractivity contribution in [1.82, 2.24) is 15.3 Å². The molecule has 1 aromatic heterocycles. The Morgan fingerprint density at radius 2 is 1.80 bits per heavy atom. The summed E-state index contributed by atoms with van der Waals surface area (Å²) in [4.78, 5) is 22.7. The molecule has 0 saturated carbocycles. The molecular weight excluding hydrogens is 460 g/mol. The van der Waals surface area contributed by atoms with Gasteiger partial charge in [0.05, 0.1) is 28.4 Å². The van der Waals surface area contributed by atoms with Crippen LogP contribution < -0.4 is 11.1 Å². The summed E-state index contributed by atoms with van der Waals surface area (Å²) in [6, 6.07) is 15.2. The highest BCUT2D eigenvalue weighted by atomic mass is 32.2. The standard InChI is InChI=1S/C27H32N4O2S.H2O.2H2/c1-5-14-29-16-20-6-8-21(9-7-20)24(28)15-26(32)27-19(4)30-17-25(31-27)22-10-12-23(13-11-22)34(33)18(2)3;;;/h6-13,15,17-18,29H,5,14,16,28H2,1-4H3;1H2;2*1H. The number of hydrogen-bond acceptors (Lipinski definition) is 6. The number of carbonyl (C=O) groups excluding carboxylic acids is 1. The van der Waals surface area contributed by atoms with Crippen LogP contribution in [0.1, 0.15) is 57.4 Å². The van der Waals surface area contributed by atoms with Gasteiger partial charge in [-0.1, -0.05) is 57.2 Å². The number of nitrogens with two attached hydrogens (primary N) is 1. The maximum atomic E-state index is 13.0. The first-order valence-electron chi connectivity index (χ1n) is 11.5. The highest BCUT2D eigenvalue weighted by Gasteiger charge is 2.14. The molecule has 5 N–H and O–H groups in total. The summed E-state index contributed by atoms with van der Waals surface area (Å²) in [5.41, 5.74) is 10.7. The molecule has 35 heavy (non-hydrogen) atoms. The SMILES string of the molecule is CCCNCc1ccc(C(N)=CC(=O)c2nc(-c3ccc(S(=O)C(C)C)cc3)cnc2C)cc1.O.[HH].[HH]. The van der Waals surface area contributed by atoms with Gasteiger partial charge < -0.3 is 16.5 Å². The Bertz CT molecular complexity index is 1200. The van der Waals surface area contributed by atoms with Crippen LogP contribution in [0.5, 0.6) is 0 Å². The predicted octanol–water partition coefficient (Wildman–Crippen LogP) is 4.32. The van der Waals surface area contributed by atoms with Gasteiger partial charge in [-0.25, -0.2) is 4.98 Å². The molecule has 0 radical (unpaired) electrons. The van der Waals surface area contributed by atoms with E-state index in [0.29, 0.717) is 17.1 Å². The van der Waals surface area contributed by atoms with Gasteiger partial charge in [-0.2, -0.15) is 0 Å². The maximum absolute atomic E-state index is 13.0. The lowest BCUT2D eigenvalue weighted by Crippen LogP contribution is -2.13. The zero-order valence-electron chi connectivity index (χ0n) is 20.7. The first-order valence-corrected chi connectivity index (χ1v) is 12.7. The van der Waals surface area contributed by atoms with Crippen molar-refractivity contribution >= 4 is 22.3 Å². The van der Waals surface area contributed by atoms with Crippen molar-refractivity contribution in [3.63, 3.8) is 0 Å². The number of nitrogens with zero attached hydrogens (tertiary/aromatic N) is 2. The van der Waals surface area contributed by atoms with Gasteiger partial charge >= 0.3 is 0 Å². The molecule has 0 fully saturated rings. The summed E-state index contributed by atoms with van der Waals surface area (Å²) in [5.74, 6) is -0.296. The molecule has 7 nitrogen and oxygen atoms in total. The second-order valence-electron chi connectivity index (χ2n) is 8.40. The van der Waals surface area contributed by atoms with Gasteiger partial charge in [0.1, 0.15) is 5.69 Å². The van der Waals surface area contributed by atoms with Crippen LogP contribution in [0, 0.1) is 6.92 Å². The summed E-state index contributed by atoms with van der Waals surface area (Å²) in [6.45, 7) is 9.50. The van der Waals surface area contributed by atoms with Crippen molar-refractivity contribution in [2.45, 2.75) is 50.8 Å². The molecule has 8 heteroatoms. The van der Waals surface area contributed by atoms with Gasteiger partial charge in [0.2, 0.25) is 5.78 Å². The van der Waals surface area contributed by atoms with Gasteiger partial charge in [-0.3, -0.25) is 14.0 Å². The van der Waals surface area contributed by atoms with Gasteiger partial charge in [0.15, 0.2) is 0 Å². The molecule has 0 spiro atoms. The molecule has 0 aliphatic rings. The number of carbonyl (C=O) groups is 1. The average Bonchev–Trinajstić information content (AvgIpc) is 2.84. The Hall–Kier alpha value is -3.20. The summed E-state index contributed by atoms with van der Waals surface area (Å²) in [6.07, 6.45) is 4.13. The van der Waals surface area contributed by atoms with Gasteiger partial charge in [-0.05, 0) is 43.1 Å². The number of aromatic nitrogens is 2. The number of ketones is 1. The second kappa shape index (κ2) is 13.0. The summed E-state index contributed by atoms with van der Waals surface area (Å²) in [7, 11) is -1.06. The predicted molar refractivity (Wildman–Crippen MR) is 147 cm³/mol. The Morgan fingerprint density at radius 3 is 2.40 bits per heavy atom. The van der Waals surface area contributed by atoms with E-state index in [1.54, 1.807) is 13.1 Å². The van der Waals surface area contributed by atoms with Crippen molar-refractivity contribution in [3.05, 3.63) is 83.3 Å². The van der Waals surface area contributed by atoms with E-state index in [-0.39, 0.29) is 25.1 Å². The molecule has 2 aromatic carbocycles. The highest BCUT2D eigenvalue weighted by Crippen LogP contribution is 2.21. The third-order valence-electron chi connectivity index (χ3n) is 5.33. The molecule has 3 aromatic rings. The molecule has 0 bridgehead atoms. The maximum Gasteiger partial charge on any atom is 0.208 e. The fraction of sp³-hybridized carbons (Fsp3) is 0.296. The second-order valence-corrected chi connectivity index (χ2v) is 10.4. The zero-order valence-corrected chi connectivity index (χ0v) is 21.5. The average molecular weight is 499 g/mol. The normalized spacial score (nSPS) is 12.3. The summed E-state index contributed by atoms with van der Waals surface area (Å²) in [5, 5.41) is 3.40. The summed E-state index contributed by atoms with van der Waals surface area (Å²) < 4.78 is 12.3. The smallest absolute Gasteiger partial charge is 0.208 e. The van der Waals surface area contributed by atoms with Crippen LogP contribution in [0.4, 0.5) is 0 Å². The van der Waals surface area contributed by atoms with E-state index in [2.05, 4.69) is 22.2 Å². The van der Waals surface area contributed by atoms with Crippen molar-refractivity contribution in [2.75, 3.05) is 6.54 Å². The Labute approximate surface area is 212 Å². The minimum atomic E-state index is -1.06. The van der Waals surface area contributed by atoms with Crippen LogP contribution >= 0.6 is 0 Å². The van der Waals surface area contributed by atoms with Gasteiger partial charge in [0.25, 0.3) is 0 Å². The van der Waals surface area contributed by atoms with Crippen LogP contribution in [-0.4, -0.2) is 37.2 Å². The van der Waals surface area contributed by atoms with E-state index in [4.69, 9.17) is 5.73 Å². The molecule has 0 amide bonds. The molecule has 1 unspecified atom stereocenters. The van der Waals surface area contributed by atoms with Crippen LogP contribution in [0.3, 0.4) is 0 Å². The van der Waals surface area contributed by atoms with Crippen LogP contribution in [0.25, 0.3) is 17.0 Å².